The summed E-state index contributed by atoms with van der Waals surface area (Å²) in [6, 6.07) is 30.4. The van der Waals surface area contributed by atoms with Crippen molar-refractivity contribution in [1.29, 1.82) is 0 Å². The van der Waals surface area contributed by atoms with Crippen LogP contribution >= 0.6 is 18.1 Å². The molecule has 1 aliphatic heterocycles. The minimum Gasteiger partial charge on any atom is -0.350 e. The highest BCUT2D eigenvalue weighted by Gasteiger charge is 2.47. The van der Waals surface area contributed by atoms with Gasteiger partial charge in [0.1, 0.15) is 0 Å². The van der Waals surface area contributed by atoms with Crippen molar-refractivity contribution in [3.8, 4) is 0 Å². The van der Waals surface area contributed by atoms with E-state index in [0.29, 0.717) is 12.1 Å². The fourth-order valence-electron chi connectivity index (χ4n) is 5.80. The molecule has 1 aliphatic rings. The molecule has 5 rings (SSSR count). The van der Waals surface area contributed by atoms with Crippen molar-refractivity contribution in [2.24, 2.45) is 5.73 Å². The molecule has 10 nitrogen and oxygen atoms in total. The number of aryl methyl sites for hydroxylation is 1. The molecule has 4 aromatic rings. The van der Waals surface area contributed by atoms with Gasteiger partial charge in [0.15, 0.2) is 6.23 Å². The van der Waals surface area contributed by atoms with Crippen LogP contribution in [0.4, 0.5) is 0 Å². The van der Waals surface area contributed by atoms with Crippen molar-refractivity contribution < 1.29 is 13.8 Å². The minimum atomic E-state index is -3.71. The molecule has 0 bridgehead atoms. The zero-order chi connectivity index (χ0) is 31.3. The number of nitrogens with two attached hydrogens (primary N) is 1. The number of hydrogen-bond acceptors (Lipinski definition) is 7. The highest BCUT2D eigenvalue weighted by molar-refractivity contribution is 7.83. The molecule has 0 aliphatic carbocycles. The van der Waals surface area contributed by atoms with Crippen LogP contribution in [0, 0.1) is 6.92 Å². The van der Waals surface area contributed by atoms with Crippen LogP contribution in [0.5, 0.6) is 0 Å². The average Bonchev–Trinajstić information content (AvgIpc) is 3.04. The molecule has 1 saturated heterocycles. The summed E-state index contributed by atoms with van der Waals surface area (Å²) in [5.74, 6) is 0. The van der Waals surface area contributed by atoms with Gasteiger partial charge in [-0.1, -0.05) is 91.0 Å². The molecule has 0 spiro atoms. The quantitative estimate of drug-likeness (QED) is 0.185. The van der Waals surface area contributed by atoms with Crippen molar-refractivity contribution >= 4 is 18.1 Å². The summed E-state index contributed by atoms with van der Waals surface area (Å²) in [7, 11) is 1.59. The third-order valence-corrected chi connectivity index (χ3v) is 10.5. The van der Waals surface area contributed by atoms with Crippen LogP contribution in [-0.4, -0.2) is 65.1 Å². The number of aromatic nitrogens is 2. The van der Waals surface area contributed by atoms with Crippen molar-refractivity contribution in [1.82, 2.24) is 19.1 Å². The smallest absolute Gasteiger partial charge is 0.350 e. The molecule has 1 aromatic heterocycles. The highest BCUT2D eigenvalue weighted by atomic mass is 35.7. The Bertz CT molecular complexity index is 1610. The maximum Gasteiger partial charge on any atom is 0.362 e. The van der Waals surface area contributed by atoms with Crippen molar-refractivity contribution in [2.75, 3.05) is 39.8 Å². The van der Waals surface area contributed by atoms with Gasteiger partial charge in [0, 0.05) is 37.9 Å². The zero-order valence-electron chi connectivity index (χ0n) is 24.7. The van der Waals surface area contributed by atoms with E-state index in [1.165, 1.54) is 15.4 Å². The van der Waals surface area contributed by atoms with Crippen LogP contribution in [0.25, 0.3) is 0 Å². The Morgan fingerprint density at radius 1 is 0.977 bits per heavy atom. The number of halogens is 1. The molecule has 0 radical (unpaired) electrons. The molecular formula is C32H37ClN5O5P. The Labute approximate surface area is 261 Å². The SMILES string of the molecule is Cc1cn([C@H]2CN(C(c3ccccc3)(c3ccccc3)c3ccccc3)C[C@@H](COP(=O)(Cl)N(C)CCN)O2)c(=O)[nH]c1=O. The first kappa shape index (κ1) is 32.1. The molecule has 44 heavy (non-hydrogen) atoms. The van der Waals surface area contributed by atoms with Crippen LogP contribution in [0.1, 0.15) is 28.5 Å². The van der Waals surface area contributed by atoms with Gasteiger partial charge in [-0.3, -0.25) is 23.8 Å². The van der Waals surface area contributed by atoms with E-state index in [2.05, 4.69) is 46.3 Å². The molecule has 3 atom stereocenters. The van der Waals surface area contributed by atoms with E-state index >= 15 is 0 Å². The average molecular weight is 638 g/mol. The Kier molecular flexibility index (Phi) is 10.0. The maximum atomic E-state index is 13.2. The largest absolute Gasteiger partial charge is 0.362 e. The Morgan fingerprint density at radius 3 is 2.00 bits per heavy atom. The number of hydrogen-bond donors (Lipinski definition) is 2. The molecule has 1 fully saturated rings. The predicted octanol–water partition coefficient (Wildman–Crippen LogP) is 4.29. The van der Waals surface area contributed by atoms with Crippen LogP contribution in [-0.2, 0) is 19.4 Å². The molecule has 0 saturated carbocycles. The standard InChI is InChI=1S/C32H37ClN5O5P/c1-24-20-38(31(40)35-30(24)39)29-22-37(21-28(43-29)23-42-44(33,41)36(2)19-18-34)32(25-12-6-3-7-13-25,26-14-8-4-9-15-26)27-16-10-5-11-17-27/h3-17,20,28-29H,18-19,21-23,34H2,1-2H3,(H,35,39,40)/t28-,29+,44?/m0/s1. The van der Waals surface area contributed by atoms with Gasteiger partial charge in [-0.2, -0.15) is 0 Å². The summed E-state index contributed by atoms with van der Waals surface area (Å²) < 4.78 is 28.3. The first-order chi connectivity index (χ1) is 21.2. The van der Waals surface area contributed by atoms with Crippen LogP contribution in [0.15, 0.2) is 107 Å². The summed E-state index contributed by atoms with van der Waals surface area (Å²) >= 11 is 6.36. The van der Waals surface area contributed by atoms with Gasteiger partial charge in [0.25, 0.3) is 5.56 Å². The number of aromatic amines is 1. The Hall–Kier alpha value is -3.34. The molecule has 2 heterocycles. The third-order valence-electron chi connectivity index (χ3n) is 7.94. The second-order valence-electron chi connectivity index (χ2n) is 10.8. The summed E-state index contributed by atoms with van der Waals surface area (Å²) in [4.78, 5) is 30.0. The minimum absolute atomic E-state index is 0.117. The lowest BCUT2D eigenvalue weighted by Gasteiger charge is -2.50. The predicted molar refractivity (Wildman–Crippen MR) is 172 cm³/mol. The Morgan fingerprint density at radius 2 is 1.50 bits per heavy atom. The summed E-state index contributed by atoms with van der Waals surface area (Å²) in [5, 5.41) is 0. The number of benzene rings is 3. The lowest BCUT2D eigenvalue weighted by molar-refractivity contribution is -0.148. The second-order valence-corrected chi connectivity index (χ2v) is 13.9. The van der Waals surface area contributed by atoms with Crippen molar-refractivity contribution in [2.45, 2.75) is 24.8 Å². The van der Waals surface area contributed by atoms with Gasteiger partial charge >= 0.3 is 12.6 Å². The van der Waals surface area contributed by atoms with E-state index < -0.39 is 36.0 Å². The van der Waals surface area contributed by atoms with E-state index in [1.54, 1.807) is 14.0 Å². The molecule has 3 aromatic carbocycles. The molecule has 3 N–H and O–H groups in total. The van der Waals surface area contributed by atoms with E-state index in [1.807, 2.05) is 54.6 Å². The zero-order valence-corrected chi connectivity index (χ0v) is 26.4. The van der Waals surface area contributed by atoms with E-state index in [4.69, 9.17) is 26.2 Å². The summed E-state index contributed by atoms with van der Waals surface area (Å²) in [6.07, 6.45) is 0.0124. The second kappa shape index (κ2) is 13.7. The van der Waals surface area contributed by atoms with Gasteiger partial charge < -0.3 is 15.0 Å². The first-order valence-corrected chi connectivity index (χ1v) is 16.9. The number of likely N-dealkylation sites (N-methyl/N-ethyl adjacent to an activating group) is 1. The summed E-state index contributed by atoms with van der Waals surface area (Å²) in [6.45, 7) is -1.04. The normalized spacial score (nSPS) is 19.1. The fourth-order valence-corrected chi connectivity index (χ4v) is 7.10. The number of morpholine rings is 1. The van der Waals surface area contributed by atoms with Crippen molar-refractivity contribution in [3.63, 3.8) is 0 Å². The fraction of sp³-hybridized carbons (Fsp3) is 0.312. The molecule has 0 amide bonds. The third kappa shape index (κ3) is 6.53. The maximum absolute atomic E-state index is 13.2. The lowest BCUT2D eigenvalue weighted by Crippen LogP contribution is -2.58. The van der Waals surface area contributed by atoms with Gasteiger partial charge in [-0.25, -0.2) is 9.46 Å². The van der Waals surface area contributed by atoms with Crippen LogP contribution < -0.4 is 17.0 Å². The lowest BCUT2D eigenvalue weighted by atomic mass is 9.75. The molecule has 1 unspecified atom stereocenters. The number of nitrogens with zero attached hydrogens (tertiary/aromatic N) is 3. The van der Waals surface area contributed by atoms with Crippen LogP contribution in [0.2, 0.25) is 0 Å². The monoisotopic (exact) mass is 637 g/mol. The molecule has 232 valence electrons. The van der Waals surface area contributed by atoms with Gasteiger partial charge in [0.05, 0.1) is 18.2 Å². The van der Waals surface area contributed by atoms with Crippen LogP contribution in [0.3, 0.4) is 0 Å². The molecule has 12 heteroatoms. The van der Waals surface area contributed by atoms with E-state index in [0.717, 1.165) is 16.7 Å². The van der Waals surface area contributed by atoms with Gasteiger partial charge in [-0.15, -0.1) is 0 Å². The number of rotatable bonds is 11. The van der Waals surface area contributed by atoms with Gasteiger partial charge in [-0.05, 0) is 41.9 Å². The topological polar surface area (TPSA) is 123 Å². The van der Waals surface area contributed by atoms with E-state index in [-0.39, 0.29) is 26.2 Å². The van der Waals surface area contributed by atoms with E-state index in [9.17, 15) is 14.2 Å². The number of nitrogens with one attached hydrogen (secondary N) is 1. The first-order valence-electron chi connectivity index (χ1n) is 14.4. The number of H-pyrrole nitrogens is 1. The van der Waals surface area contributed by atoms with Crippen molar-refractivity contribution in [3.05, 3.63) is 140 Å². The van der Waals surface area contributed by atoms with Gasteiger partial charge in [0.2, 0.25) is 0 Å². The Balaban J connectivity index is 1.67. The number of ether oxygens (including phenoxy) is 1. The highest BCUT2D eigenvalue weighted by Crippen LogP contribution is 2.55. The summed E-state index contributed by atoms with van der Waals surface area (Å²) in [5.41, 5.74) is 7.16. The molecular weight excluding hydrogens is 601 g/mol.